The molecule has 1 fully saturated rings. The van der Waals surface area contributed by atoms with Gasteiger partial charge >= 0.3 is 0 Å². The summed E-state index contributed by atoms with van der Waals surface area (Å²) in [5.74, 6) is 0.647. The summed E-state index contributed by atoms with van der Waals surface area (Å²) in [5, 5.41) is 17.5. The summed E-state index contributed by atoms with van der Waals surface area (Å²) in [6.45, 7) is 5.16. The second-order valence-corrected chi connectivity index (χ2v) is 6.43. The molecule has 3 rings (SSSR count). The van der Waals surface area contributed by atoms with Gasteiger partial charge in [-0.3, -0.25) is 4.99 Å². The minimum absolute atomic E-state index is 0.190. The molecule has 0 unspecified atom stereocenters. The second-order valence-electron chi connectivity index (χ2n) is 6.43. The highest BCUT2D eigenvalue weighted by Crippen LogP contribution is 2.11. The van der Waals surface area contributed by atoms with Gasteiger partial charge in [-0.05, 0) is 50.1 Å². The number of aromatic nitrogens is 2. The molecule has 1 aliphatic heterocycles. The quantitative estimate of drug-likeness (QED) is 0.633. The van der Waals surface area contributed by atoms with Crippen LogP contribution in [0.2, 0.25) is 0 Å². The first-order chi connectivity index (χ1) is 12.7. The summed E-state index contributed by atoms with van der Waals surface area (Å²) in [6, 6.07) is 8.23. The molecule has 0 saturated carbocycles. The molecule has 2 N–H and O–H groups in total. The van der Waals surface area contributed by atoms with E-state index < -0.39 is 0 Å². The van der Waals surface area contributed by atoms with Crippen molar-refractivity contribution < 1.29 is 9.50 Å². The monoisotopic (exact) mass is 359 g/mol. The Morgan fingerprint density at radius 1 is 1.27 bits per heavy atom. The van der Waals surface area contributed by atoms with E-state index in [1.165, 1.54) is 12.1 Å². The summed E-state index contributed by atoms with van der Waals surface area (Å²) in [4.78, 5) is 6.90. The molecule has 140 valence electrons. The van der Waals surface area contributed by atoms with E-state index in [2.05, 4.69) is 22.2 Å². The topological polar surface area (TPSA) is 65.7 Å². The average molecular weight is 359 g/mol. The number of likely N-dealkylation sites (tertiary alicyclic amines) is 1. The molecule has 0 spiro atoms. The van der Waals surface area contributed by atoms with Gasteiger partial charge in [-0.2, -0.15) is 5.10 Å². The number of guanidine groups is 1. The highest BCUT2D eigenvalue weighted by atomic mass is 19.1. The number of halogens is 1. The molecule has 1 aliphatic rings. The molecule has 0 aliphatic carbocycles. The Kier molecular flexibility index (Phi) is 6.22. The highest BCUT2D eigenvalue weighted by Gasteiger charge is 2.19. The fourth-order valence-corrected chi connectivity index (χ4v) is 3.01. The molecule has 0 radical (unpaired) electrons. The van der Waals surface area contributed by atoms with E-state index in [1.54, 1.807) is 16.8 Å². The largest absolute Gasteiger partial charge is 0.393 e. The number of hydrogen-bond acceptors (Lipinski definition) is 3. The number of aliphatic hydroxyl groups excluding tert-OH is 1. The Hall–Kier alpha value is -2.41. The maximum absolute atomic E-state index is 13.0. The standard InChI is InChI=1S/C19H26FN5O/c1-2-21-19(24-12-9-18(26)10-13-24)22-11-7-16-8-14-25(23-16)17-5-3-15(20)4-6-17/h3-6,8,14,18,26H,2,7,9-13H2,1H3,(H,21,22). The van der Waals surface area contributed by atoms with Crippen molar-refractivity contribution in [1.29, 1.82) is 0 Å². The Bertz CT molecular complexity index is 720. The lowest BCUT2D eigenvalue weighted by atomic mass is 10.1. The summed E-state index contributed by atoms with van der Waals surface area (Å²) in [7, 11) is 0. The van der Waals surface area contributed by atoms with E-state index in [1.807, 2.05) is 12.3 Å². The zero-order valence-corrected chi connectivity index (χ0v) is 15.1. The first-order valence-corrected chi connectivity index (χ1v) is 9.17. The molecular formula is C19H26FN5O. The van der Waals surface area contributed by atoms with Gasteiger partial charge in [-0.25, -0.2) is 9.07 Å². The third kappa shape index (κ3) is 4.82. The normalized spacial score (nSPS) is 16.1. The molecular weight excluding hydrogens is 333 g/mol. The van der Waals surface area contributed by atoms with Crippen molar-refractivity contribution in [3.05, 3.63) is 48.0 Å². The molecule has 0 amide bonds. The van der Waals surface area contributed by atoms with Crippen LogP contribution in [0.15, 0.2) is 41.5 Å². The zero-order valence-electron chi connectivity index (χ0n) is 15.1. The number of hydrogen-bond donors (Lipinski definition) is 2. The number of nitrogens with one attached hydrogen (secondary N) is 1. The smallest absolute Gasteiger partial charge is 0.193 e. The van der Waals surface area contributed by atoms with Crippen molar-refractivity contribution in [2.45, 2.75) is 32.3 Å². The highest BCUT2D eigenvalue weighted by molar-refractivity contribution is 5.80. The first-order valence-electron chi connectivity index (χ1n) is 9.17. The van der Waals surface area contributed by atoms with Crippen molar-refractivity contribution in [2.24, 2.45) is 4.99 Å². The lowest BCUT2D eigenvalue weighted by Gasteiger charge is -2.32. The Balaban J connectivity index is 1.58. The Morgan fingerprint density at radius 3 is 2.69 bits per heavy atom. The van der Waals surface area contributed by atoms with Crippen molar-refractivity contribution in [1.82, 2.24) is 20.0 Å². The minimum Gasteiger partial charge on any atom is -0.393 e. The molecule has 0 atom stereocenters. The third-order valence-corrected chi connectivity index (χ3v) is 4.46. The maximum Gasteiger partial charge on any atom is 0.193 e. The van der Waals surface area contributed by atoms with Gasteiger partial charge in [0.2, 0.25) is 0 Å². The van der Waals surface area contributed by atoms with Gasteiger partial charge in [0.1, 0.15) is 5.82 Å². The van der Waals surface area contributed by atoms with Crippen molar-refractivity contribution in [2.75, 3.05) is 26.2 Å². The van der Waals surface area contributed by atoms with Crippen LogP contribution in [-0.2, 0) is 6.42 Å². The second kappa shape index (κ2) is 8.80. The van der Waals surface area contributed by atoms with Gasteiger partial charge < -0.3 is 15.3 Å². The van der Waals surface area contributed by atoms with E-state index >= 15 is 0 Å². The summed E-state index contributed by atoms with van der Waals surface area (Å²) in [5.41, 5.74) is 1.78. The van der Waals surface area contributed by atoms with Crippen LogP contribution >= 0.6 is 0 Å². The fourth-order valence-electron chi connectivity index (χ4n) is 3.01. The van der Waals surface area contributed by atoms with Crippen LogP contribution in [0.1, 0.15) is 25.5 Å². The van der Waals surface area contributed by atoms with Crippen LogP contribution < -0.4 is 5.32 Å². The Labute approximate surface area is 153 Å². The molecule has 1 aromatic heterocycles. The van der Waals surface area contributed by atoms with Crippen LogP contribution in [0.3, 0.4) is 0 Å². The molecule has 26 heavy (non-hydrogen) atoms. The molecule has 0 bridgehead atoms. The number of piperidine rings is 1. The number of aliphatic hydroxyl groups is 1. The van der Waals surface area contributed by atoms with Crippen LogP contribution in [0, 0.1) is 5.82 Å². The molecule has 7 heteroatoms. The lowest BCUT2D eigenvalue weighted by molar-refractivity contribution is 0.108. The van der Waals surface area contributed by atoms with E-state index in [4.69, 9.17) is 4.99 Å². The molecule has 1 saturated heterocycles. The predicted octanol–water partition coefficient (Wildman–Crippen LogP) is 1.98. The molecule has 6 nitrogen and oxygen atoms in total. The number of rotatable bonds is 5. The predicted molar refractivity (Wildman–Crippen MR) is 100 cm³/mol. The van der Waals surface area contributed by atoms with Gasteiger partial charge in [0.15, 0.2) is 5.96 Å². The van der Waals surface area contributed by atoms with Gasteiger partial charge in [0, 0.05) is 38.8 Å². The average Bonchev–Trinajstić information content (AvgIpc) is 3.11. The van der Waals surface area contributed by atoms with Crippen molar-refractivity contribution in [3.63, 3.8) is 0 Å². The maximum atomic E-state index is 13.0. The van der Waals surface area contributed by atoms with E-state index in [0.29, 0.717) is 6.54 Å². The SMILES string of the molecule is CCNC(=NCCc1ccn(-c2ccc(F)cc2)n1)N1CCC(O)CC1. The third-order valence-electron chi connectivity index (χ3n) is 4.46. The molecule has 2 aromatic rings. The van der Waals surface area contributed by atoms with Crippen LogP contribution in [-0.4, -0.2) is 58.0 Å². The van der Waals surface area contributed by atoms with Crippen LogP contribution in [0.25, 0.3) is 5.69 Å². The summed E-state index contributed by atoms with van der Waals surface area (Å²) >= 11 is 0. The summed E-state index contributed by atoms with van der Waals surface area (Å²) < 4.78 is 14.8. The van der Waals surface area contributed by atoms with E-state index in [9.17, 15) is 9.50 Å². The first kappa shape index (κ1) is 18.4. The number of benzene rings is 1. The van der Waals surface area contributed by atoms with Gasteiger partial charge in [-0.15, -0.1) is 0 Å². The van der Waals surface area contributed by atoms with Crippen LogP contribution in [0.4, 0.5) is 4.39 Å². The van der Waals surface area contributed by atoms with Gasteiger partial charge in [0.25, 0.3) is 0 Å². The lowest BCUT2D eigenvalue weighted by Crippen LogP contribution is -2.46. The van der Waals surface area contributed by atoms with Gasteiger partial charge in [0.05, 0.1) is 17.5 Å². The van der Waals surface area contributed by atoms with Crippen LogP contribution in [0.5, 0.6) is 0 Å². The van der Waals surface area contributed by atoms with E-state index in [0.717, 1.165) is 56.2 Å². The van der Waals surface area contributed by atoms with Crippen molar-refractivity contribution >= 4 is 5.96 Å². The zero-order chi connectivity index (χ0) is 18.4. The fraction of sp³-hybridized carbons (Fsp3) is 0.474. The number of aliphatic imine (C=N–C) groups is 1. The number of nitrogens with zero attached hydrogens (tertiary/aromatic N) is 4. The van der Waals surface area contributed by atoms with Gasteiger partial charge in [-0.1, -0.05) is 0 Å². The Morgan fingerprint density at radius 2 is 2.00 bits per heavy atom. The van der Waals surface area contributed by atoms with Crippen molar-refractivity contribution in [3.8, 4) is 5.69 Å². The molecule has 1 aromatic carbocycles. The molecule has 2 heterocycles. The minimum atomic E-state index is -0.253. The summed E-state index contributed by atoms with van der Waals surface area (Å²) in [6.07, 6.45) is 3.99. The van der Waals surface area contributed by atoms with E-state index in [-0.39, 0.29) is 11.9 Å².